The highest BCUT2D eigenvalue weighted by molar-refractivity contribution is 5.68. The van der Waals surface area contributed by atoms with E-state index in [1.165, 1.54) is 0 Å². The van der Waals surface area contributed by atoms with Crippen LogP contribution in [0.5, 0.6) is 0 Å². The van der Waals surface area contributed by atoms with Crippen molar-refractivity contribution >= 4 is 17.5 Å². The summed E-state index contributed by atoms with van der Waals surface area (Å²) in [5, 5.41) is 3.52. The van der Waals surface area contributed by atoms with E-state index in [1.54, 1.807) is 12.0 Å². The number of benzene rings is 1. The van der Waals surface area contributed by atoms with Crippen LogP contribution in [0.3, 0.4) is 0 Å². The van der Waals surface area contributed by atoms with Crippen molar-refractivity contribution in [3.63, 3.8) is 0 Å². The van der Waals surface area contributed by atoms with Crippen molar-refractivity contribution in [2.24, 2.45) is 0 Å². The van der Waals surface area contributed by atoms with Gasteiger partial charge in [-0.15, -0.1) is 0 Å². The lowest BCUT2D eigenvalue weighted by Gasteiger charge is -2.34. The van der Waals surface area contributed by atoms with E-state index in [0.717, 1.165) is 24.1 Å². The summed E-state index contributed by atoms with van der Waals surface area (Å²) in [4.78, 5) is 13.9. The van der Waals surface area contributed by atoms with Gasteiger partial charge in [-0.05, 0) is 57.9 Å². The molecule has 5 heteroatoms. The highest BCUT2D eigenvalue weighted by Gasteiger charge is 2.26. The Kier molecular flexibility index (Phi) is 5.75. The van der Waals surface area contributed by atoms with Crippen molar-refractivity contribution in [1.29, 1.82) is 0 Å². The van der Waals surface area contributed by atoms with Gasteiger partial charge >= 0.3 is 6.09 Å². The number of nitrogens with one attached hydrogen (secondary N) is 1. The standard InChI is InChI=1S/C19H28N2O3/c1-14(23-5)15-6-8-16(9-7-15)20-17-10-12-21(13-11-17)18(22)24-19(2,3)4/h6-9,17,20H,1,10-13H2,2-5H3. The van der Waals surface area contributed by atoms with Crippen molar-refractivity contribution in [3.8, 4) is 0 Å². The molecular formula is C19H28N2O3. The first-order chi connectivity index (χ1) is 11.3. The summed E-state index contributed by atoms with van der Waals surface area (Å²) in [7, 11) is 1.62. The van der Waals surface area contributed by atoms with Crippen molar-refractivity contribution in [2.45, 2.75) is 45.3 Å². The van der Waals surface area contributed by atoms with Gasteiger partial charge < -0.3 is 19.7 Å². The number of carbonyl (C=O) groups excluding carboxylic acids is 1. The highest BCUT2D eigenvalue weighted by Crippen LogP contribution is 2.21. The van der Waals surface area contributed by atoms with Gasteiger partial charge in [-0.2, -0.15) is 0 Å². The number of ether oxygens (including phenoxy) is 2. The number of hydrogen-bond donors (Lipinski definition) is 1. The summed E-state index contributed by atoms with van der Waals surface area (Å²) < 4.78 is 10.6. The lowest BCUT2D eigenvalue weighted by molar-refractivity contribution is 0.0210. The molecule has 5 nitrogen and oxygen atoms in total. The molecule has 1 N–H and O–H groups in total. The largest absolute Gasteiger partial charge is 0.497 e. The molecule has 0 saturated carbocycles. The number of likely N-dealkylation sites (tertiary alicyclic amines) is 1. The van der Waals surface area contributed by atoms with E-state index < -0.39 is 5.60 Å². The number of carbonyl (C=O) groups is 1. The smallest absolute Gasteiger partial charge is 0.410 e. The number of anilines is 1. The molecule has 132 valence electrons. The van der Waals surface area contributed by atoms with Crippen LogP contribution in [0.4, 0.5) is 10.5 Å². The second-order valence-electron chi connectivity index (χ2n) is 7.09. The quantitative estimate of drug-likeness (QED) is 0.843. The van der Waals surface area contributed by atoms with Gasteiger partial charge in [0.2, 0.25) is 0 Å². The van der Waals surface area contributed by atoms with Crippen LogP contribution in [0.15, 0.2) is 30.8 Å². The number of hydrogen-bond acceptors (Lipinski definition) is 4. The summed E-state index contributed by atoms with van der Waals surface area (Å²) in [6.45, 7) is 10.9. The fourth-order valence-corrected chi connectivity index (χ4v) is 2.64. The minimum Gasteiger partial charge on any atom is -0.497 e. The Morgan fingerprint density at radius 1 is 1.21 bits per heavy atom. The molecule has 1 aromatic rings. The van der Waals surface area contributed by atoms with E-state index in [9.17, 15) is 4.79 Å². The maximum atomic E-state index is 12.1. The van der Waals surface area contributed by atoms with Crippen molar-refractivity contribution in [2.75, 3.05) is 25.5 Å². The van der Waals surface area contributed by atoms with E-state index >= 15 is 0 Å². The maximum Gasteiger partial charge on any atom is 0.410 e. The van der Waals surface area contributed by atoms with Gasteiger partial charge in [-0.1, -0.05) is 6.58 Å². The van der Waals surface area contributed by atoms with Crippen molar-refractivity contribution in [1.82, 2.24) is 4.90 Å². The van der Waals surface area contributed by atoms with Crippen molar-refractivity contribution < 1.29 is 14.3 Å². The first-order valence-electron chi connectivity index (χ1n) is 8.36. The zero-order chi connectivity index (χ0) is 17.7. The molecule has 1 saturated heterocycles. The van der Waals surface area contributed by atoms with Gasteiger partial charge in [-0.3, -0.25) is 0 Å². The SMILES string of the molecule is C=C(OC)c1ccc(NC2CCN(C(=O)OC(C)(C)C)CC2)cc1. The van der Waals surface area contributed by atoms with Crippen LogP contribution in [0.1, 0.15) is 39.2 Å². The summed E-state index contributed by atoms with van der Waals surface area (Å²) >= 11 is 0. The van der Waals surface area contributed by atoms with Crippen LogP contribution in [0, 0.1) is 0 Å². The molecule has 1 fully saturated rings. The normalized spacial score (nSPS) is 15.8. The first-order valence-corrected chi connectivity index (χ1v) is 8.36. The number of piperidine rings is 1. The van der Waals surface area contributed by atoms with Gasteiger partial charge in [0.05, 0.1) is 7.11 Å². The zero-order valence-corrected chi connectivity index (χ0v) is 15.1. The third-order valence-electron chi connectivity index (χ3n) is 3.97. The molecule has 1 amide bonds. The summed E-state index contributed by atoms with van der Waals surface area (Å²) in [5.41, 5.74) is 1.60. The topological polar surface area (TPSA) is 50.8 Å². The Morgan fingerprint density at radius 2 is 1.79 bits per heavy atom. The minimum atomic E-state index is -0.444. The fourth-order valence-electron chi connectivity index (χ4n) is 2.64. The third-order valence-corrected chi connectivity index (χ3v) is 3.97. The summed E-state index contributed by atoms with van der Waals surface area (Å²) in [5.74, 6) is 0.659. The predicted octanol–water partition coefficient (Wildman–Crippen LogP) is 4.12. The van der Waals surface area contributed by atoms with E-state index in [1.807, 2.05) is 45.0 Å². The molecule has 2 rings (SSSR count). The van der Waals surface area contributed by atoms with Crippen LogP contribution in [-0.2, 0) is 9.47 Å². The van der Waals surface area contributed by atoms with Crippen LogP contribution >= 0.6 is 0 Å². The zero-order valence-electron chi connectivity index (χ0n) is 15.1. The molecule has 0 aromatic heterocycles. The number of methoxy groups -OCH3 is 1. The average molecular weight is 332 g/mol. The fraction of sp³-hybridized carbons (Fsp3) is 0.526. The third kappa shape index (κ3) is 5.18. The van der Waals surface area contributed by atoms with Gasteiger partial charge in [0.25, 0.3) is 0 Å². The van der Waals surface area contributed by atoms with Gasteiger partial charge in [0.15, 0.2) is 0 Å². The molecule has 0 bridgehead atoms. The molecular weight excluding hydrogens is 304 g/mol. The molecule has 1 aliphatic heterocycles. The molecule has 0 unspecified atom stereocenters. The molecule has 0 atom stereocenters. The Labute approximate surface area is 144 Å². The average Bonchev–Trinajstić information content (AvgIpc) is 2.54. The number of nitrogens with zero attached hydrogens (tertiary/aromatic N) is 1. The van der Waals surface area contributed by atoms with Gasteiger partial charge in [0, 0.05) is 30.4 Å². The second kappa shape index (κ2) is 7.60. The maximum absolute atomic E-state index is 12.1. The summed E-state index contributed by atoms with van der Waals surface area (Å²) in [6.07, 6.45) is 1.60. The van der Waals surface area contributed by atoms with E-state index in [0.29, 0.717) is 24.9 Å². The van der Waals surface area contributed by atoms with Crippen LogP contribution in [-0.4, -0.2) is 42.8 Å². The summed E-state index contributed by atoms with van der Waals surface area (Å²) in [6, 6.07) is 8.40. The van der Waals surface area contributed by atoms with E-state index in [-0.39, 0.29) is 6.09 Å². The highest BCUT2D eigenvalue weighted by atomic mass is 16.6. The monoisotopic (exact) mass is 332 g/mol. The lowest BCUT2D eigenvalue weighted by atomic mass is 10.0. The Hall–Kier alpha value is -2.17. The van der Waals surface area contributed by atoms with Crippen LogP contribution in [0.2, 0.25) is 0 Å². The van der Waals surface area contributed by atoms with Crippen molar-refractivity contribution in [3.05, 3.63) is 36.4 Å². The number of rotatable bonds is 4. The van der Waals surface area contributed by atoms with Crippen LogP contribution in [0.25, 0.3) is 5.76 Å². The second-order valence-corrected chi connectivity index (χ2v) is 7.09. The Bertz CT molecular complexity index is 567. The van der Waals surface area contributed by atoms with Gasteiger partial charge in [0.1, 0.15) is 11.4 Å². The number of amides is 1. The van der Waals surface area contributed by atoms with Gasteiger partial charge in [-0.25, -0.2) is 4.79 Å². The lowest BCUT2D eigenvalue weighted by Crippen LogP contribution is -2.44. The first kappa shape index (κ1) is 18.2. The molecule has 1 aliphatic rings. The predicted molar refractivity (Wildman–Crippen MR) is 96.9 cm³/mol. The van der Waals surface area contributed by atoms with E-state index in [4.69, 9.17) is 9.47 Å². The molecule has 0 aliphatic carbocycles. The molecule has 0 spiro atoms. The minimum absolute atomic E-state index is 0.219. The van der Waals surface area contributed by atoms with Crippen LogP contribution < -0.4 is 5.32 Å². The molecule has 0 radical (unpaired) electrons. The molecule has 1 aromatic carbocycles. The van der Waals surface area contributed by atoms with E-state index in [2.05, 4.69) is 11.9 Å². The Morgan fingerprint density at radius 3 is 2.29 bits per heavy atom. The Balaban J connectivity index is 1.82. The molecule has 24 heavy (non-hydrogen) atoms. The molecule has 1 heterocycles.